The Morgan fingerprint density at radius 1 is 1.09 bits per heavy atom. The van der Waals surface area contributed by atoms with Crippen LogP contribution in [-0.2, 0) is 31.4 Å². The van der Waals surface area contributed by atoms with Gasteiger partial charge in [-0.2, -0.15) is 5.10 Å². The Labute approximate surface area is 277 Å². The molecule has 0 saturated carbocycles. The fourth-order valence-corrected chi connectivity index (χ4v) is 6.06. The predicted molar refractivity (Wildman–Crippen MR) is 178 cm³/mol. The van der Waals surface area contributed by atoms with Crippen molar-refractivity contribution in [1.82, 2.24) is 34.5 Å². The second-order valence-corrected chi connectivity index (χ2v) is 13.5. The van der Waals surface area contributed by atoms with Gasteiger partial charge in [-0.1, -0.05) is 41.9 Å². The molecule has 1 saturated heterocycles. The molecular formula is C34H38ClN7O5. The quantitative estimate of drug-likeness (QED) is 0.231. The minimum atomic E-state index is -1.06. The van der Waals surface area contributed by atoms with Crippen LogP contribution in [0.3, 0.4) is 0 Å². The van der Waals surface area contributed by atoms with Gasteiger partial charge in [0.05, 0.1) is 30.4 Å². The number of alkyl carbamates (subject to hydrolysis) is 1. The van der Waals surface area contributed by atoms with Crippen molar-refractivity contribution >= 4 is 28.7 Å². The van der Waals surface area contributed by atoms with Crippen molar-refractivity contribution in [2.75, 3.05) is 13.1 Å². The zero-order chi connectivity index (χ0) is 33.3. The van der Waals surface area contributed by atoms with Gasteiger partial charge in [-0.25, -0.2) is 14.8 Å². The number of amides is 1. The number of halogens is 1. The first-order chi connectivity index (χ1) is 22.4. The molecule has 0 atom stereocenters. The van der Waals surface area contributed by atoms with Crippen molar-refractivity contribution in [3.63, 3.8) is 0 Å². The van der Waals surface area contributed by atoms with Gasteiger partial charge in [0.2, 0.25) is 5.89 Å². The van der Waals surface area contributed by atoms with Crippen LogP contribution in [0.2, 0.25) is 5.02 Å². The smallest absolute Gasteiger partial charge is 0.407 e. The van der Waals surface area contributed by atoms with Crippen LogP contribution in [0.25, 0.3) is 33.7 Å². The zero-order valence-corrected chi connectivity index (χ0v) is 27.6. The lowest BCUT2D eigenvalue weighted by atomic mass is 9.91. The number of likely N-dealkylation sites (tertiary alicyclic amines) is 1. The van der Waals surface area contributed by atoms with Crippen LogP contribution in [0.1, 0.15) is 44.7 Å². The highest BCUT2D eigenvalue weighted by Crippen LogP contribution is 2.30. The maximum Gasteiger partial charge on any atom is 0.407 e. The summed E-state index contributed by atoms with van der Waals surface area (Å²) >= 11 is 6.58. The van der Waals surface area contributed by atoms with Gasteiger partial charge >= 0.3 is 6.09 Å². The summed E-state index contributed by atoms with van der Waals surface area (Å²) in [5, 5.41) is 19.4. The van der Waals surface area contributed by atoms with Gasteiger partial charge < -0.3 is 19.6 Å². The lowest BCUT2D eigenvalue weighted by Crippen LogP contribution is -2.47. The van der Waals surface area contributed by atoms with Crippen LogP contribution in [0.15, 0.2) is 70.5 Å². The third kappa shape index (κ3) is 7.40. The Balaban J connectivity index is 1.10. The molecule has 0 aliphatic carbocycles. The van der Waals surface area contributed by atoms with Gasteiger partial charge in [0.15, 0.2) is 5.52 Å². The SMILES string of the molecule is Cn1nc2c(=O)n(CC3(O)CCN(Cc4ccc(-c5ncco5)cc4Cl)CC3)cnc2c1-c1ccc(CNC(=O)OC(C)(C)C)cc1. The summed E-state index contributed by atoms with van der Waals surface area (Å²) in [5.41, 5.74) is 3.02. The van der Waals surface area contributed by atoms with E-state index in [2.05, 4.69) is 25.3 Å². The normalized spacial score (nSPS) is 15.2. The molecule has 1 aliphatic heterocycles. The number of aryl methyl sites for hydroxylation is 1. The van der Waals surface area contributed by atoms with Gasteiger partial charge in [0, 0.05) is 49.4 Å². The number of benzene rings is 2. The molecule has 2 aromatic carbocycles. The number of nitrogens with one attached hydrogen (secondary N) is 1. The summed E-state index contributed by atoms with van der Waals surface area (Å²) in [4.78, 5) is 36.6. The van der Waals surface area contributed by atoms with Gasteiger partial charge in [-0.15, -0.1) is 0 Å². The number of fused-ring (bicyclic) bond motifs is 1. The highest BCUT2D eigenvalue weighted by Gasteiger charge is 2.34. The third-order valence-corrected chi connectivity index (χ3v) is 8.60. The van der Waals surface area contributed by atoms with E-state index in [1.807, 2.05) is 63.2 Å². The monoisotopic (exact) mass is 659 g/mol. The van der Waals surface area contributed by atoms with Crippen molar-refractivity contribution in [2.45, 2.75) is 64.4 Å². The second kappa shape index (κ2) is 12.9. The second-order valence-electron chi connectivity index (χ2n) is 13.0. The number of hydrogen-bond donors (Lipinski definition) is 2. The van der Waals surface area contributed by atoms with Gasteiger partial charge in [-0.05, 0) is 56.9 Å². The van der Waals surface area contributed by atoms with Gasteiger partial charge in [0.25, 0.3) is 5.56 Å². The minimum absolute atomic E-state index is 0.124. The molecule has 4 heterocycles. The van der Waals surface area contributed by atoms with E-state index in [0.29, 0.717) is 61.1 Å². The average Bonchev–Trinajstić information content (AvgIpc) is 3.68. The van der Waals surface area contributed by atoms with E-state index in [1.54, 1.807) is 17.9 Å². The lowest BCUT2D eigenvalue weighted by molar-refractivity contribution is -0.0364. The summed E-state index contributed by atoms with van der Waals surface area (Å²) in [6.07, 6.45) is 5.12. The van der Waals surface area contributed by atoms with Crippen molar-refractivity contribution in [2.24, 2.45) is 7.05 Å². The van der Waals surface area contributed by atoms with Crippen LogP contribution in [0, 0.1) is 0 Å². The molecule has 0 spiro atoms. The van der Waals surface area contributed by atoms with E-state index in [1.165, 1.54) is 17.2 Å². The average molecular weight is 660 g/mol. The van der Waals surface area contributed by atoms with Crippen molar-refractivity contribution in [3.8, 4) is 22.7 Å². The van der Waals surface area contributed by atoms with E-state index >= 15 is 0 Å². The lowest BCUT2D eigenvalue weighted by Gasteiger charge is -2.38. The van der Waals surface area contributed by atoms with Crippen LogP contribution >= 0.6 is 11.6 Å². The predicted octanol–water partition coefficient (Wildman–Crippen LogP) is 5.16. The van der Waals surface area contributed by atoms with Crippen LogP contribution < -0.4 is 10.9 Å². The molecule has 1 aliphatic rings. The Kier molecular flexibility index (Phi) is 8.93. The topological polar surface area (TPSA) is 141 Å². The van der Waals surface area contributed by atoms with E-state index in [4.69, 9.17) is 20.8 Å². The Morgan fingerprint density at radius 2 is 1.81 bits per heavy atom. The number of oxazole rings is 1. The van der Waals surface area contributed by atoms with E-state index in [0.717, 1.165) is 22.3 Å². The number of carbonyl (C=O) groups is 1. The first-order valence-electron chi connectivity index (χ1n) is 15.5. The van der Waals surface area contributed by atoms with Gasteiger partial charge in [-0.3, -0.25) is 18.9 Å². The highest BCUT2D eigenvalue weighted by molar-refractivity contribution is 6.31. The van der Waals surface area contributed by atoms with E-state index in [-0.39, 0.29) is 17.6 Å². The van der Waals surface area contributed by atoms with Crippen LogP contribution in [-0.4, -0.2) is 64.7 Å². The molecule has 47 heavy (non-hydrogen) atoms. The molecule has 3 aromatic heterocycles. The van der Waals surface area contributed by atoms with Crippen molar-refractivity contribution in [3.05, 3.63) is 87.8 Å². The first-order valence-corrected chi connectivity index (χ1v) is 15.9. The van der Waals surface area contributed by atoms with E-state index in [9.17, 15) is 14.7 Å². The van der Waals surface area contributed by atoms with Crippen molar-refractivity contribution < 1.29 is 19.1 Å². The van der Waals surface area contributed by atoms with Gasteiger partial charge in [0.1, 0.15) is 17.4 Å². The summed E-state index contributed by atoms with van der Waals surface area (Å²) < 4.78 is 13.8. The number of ether oxygens (including phenoxy) is 1. The number of hydrogen-bond acceptors (Lipinski definition) is 9. The Hall–Kier alpha value is -4.52. The van der Waals surface area contributed by atoms with Crippen LogP contribution in [0.5, 0.6) is 0 Å². The molecule has 12 nitrogen and oxygen atoms in total. The minimum Gasteiger partial charge on any atom is -0.445 e. The molecule has 0 unspecified atom stereocenters. The summed E-state index contributed by atoms with van der Waals surface area (Å²) in [6, 6.07) is 13.4. The molecule has 5 aromatic rings. The number of aromatic nitrogens is 5. The number of piperidine rings is 1. The van der Waals surface area contributed by atoms with Crippen LogP contribution in [0.4, 0.5) is 4.79 Å². The standard InChI is InChI=1S/C34H38ClN7O5/c1-33(2,3)47-32(44)37-18-22-5-7-23(8-6-22)29-27-28(39-40(29)4)31(43)42(21-38-27)20-34(45)11-14-41(15-12-34)19-25-10-9-24(17-26(25)35)30-36-13-16-46-30/h5-10,13,16-17,21,45H,11-12,14-15,18-20H2,1-4H3,(H,37,44). The fraction of sp³-hybridized carbons (Fsp3) is 0.382. The molecule has 0 bridgehead atoms. The third-order valence-electron chi connectivity index (χ3n) is 8.25. The Morgan fingerprint density at radius 3 is 2.47 bits per heavy atom. The summed E-state index contributed by atoms with van der Waals surface area (Å²) in [5.74, 6) is 0.520. The number of rotatable bonds is 8. The highest BCUT2D eigenvalue weighted by atomic mass is 35.5. The molecule has 1 fully saturated rings. The summed E-state index contributed by atoms with van der Waals surface area (Å²) in [6.45, 7) is 7.83. The molecule has 0 radical (unpaired) electrons. The molecule has 2 N–H and O–H groups in total. The van der Waals surface area contributed by atoms with Crippen molar-refractivity contribution in [1.29, 1.82) is 0 Å². The number of aliphatic hydroxyl groups is 1. The van der Waals surface area contributed by atoms with E-state index < -0.39 is 17.3 Å². The molecule has 6 rings (SSSR count). The zero-order valence-electron chi connectivity index (χ0n) is 26.9. The number of nitrogens with zero attached hydrogens (tertiary/aromatic N) is 6. The largest absolute Gasteiger partial charge is 0.445 e. The molecule has 1 amide bonds. The Bertz CT molecular complexity index is 1940. The fourth-order valence-electron chi connectivity index (χ4n) is 5.82. The first kappa shape index (κ1) is 32.4. The number of carbonyl (C=O) groups excluding carboxylic acids is 1. The molecule has 13 heteroatoms. The molecule has 246 valence electrons. The summed E-state index contributed by atoms with van der Waals surface area (Å²) in [7, 11) is 1.77. The maximum atomic E-state index is 13.5. The molecular weight excluding hydrogens is 622 g/mol. The maximum absolute atomic E-state index is 13.5.